The average Bonchev–Trinajstić information content (AvgIpc) is 3.04. The van der Waals surface area contributed by atoms with Gasteiger partial charge in [-0.1, -0.05) is 91.0 Å². The molecule has 0 amide bonds. The number of benzene rings is 4. The number of carbonyl (C=O) groups is 1. The van der Waals surface area contributed by atoms with Crippen LogP contribution in [0.2, 0.25) is 0 Å². The van der Waals surface area contributed by atoms with E-state index in [0.29, 0.717) is 29.9 Å². The molecular weight excluding hydrogens is 571 g/mol. The number of aromatic nitrogens is 1. The van der Waals surface area contributed by atoms with Crippen LogP contribution >= 0.6 is 0 Å². The summed E-state index contributed by atoms with van der Waals surface area (Å²) in [7, 11) is 1.60. The second kappa shape index (κ2) is 14.2. The highest BCUT2D eigenvalue weighted by Gasteiger charge is 2.29. The summed E-state index contributed by atoms with van der Waals surface area (Å²) in [5.41, 5.74) is 4.22. The number of rotatable bonds is 8. The van der Waals surface area contributed by atoms with E-state index in [1.54, 1.807) is 23.8 Å². The first-order valence-corrected chi connectivity index (χ1v) is 13.6. The lowest BCUT2D eigenvalue weighted by molar-refractivity contribution is -0.688. The van der Waals surface area contributed by atoms with Crippen LogP contribution in [0.3, 0.4) is 0 Å². The van der Waals surface area contributed by atoms with Gasteiger partial charge in [-0.25, -0.2) is 0 Å². The molecule has 0 aliphatic heterocycles. The van der Waals surface area contributed by atoms with Crippen molar-refractivity contribution in [3.8, 4) is 22.9 Å². The molecule has 0 aliphatic carbocycles. The Hall–Kier alpha value is -5.40. The number of hydrogen-bond donors (Lipinski definition) is 1. The molecule has 0 saturated carbocycles. The second-order valence-corrected chi connectivity index (χ2v) is 9.68. The number of quaternary nitrogens is 1. The van der Waals surface area contributed by atoms with Crippen molar-refractivity contribution < 1.29 is 33.1 Å². The maximum absolute atomic E-state index is 13.7. The largest absolute Gasteiger partial charge is 0.542 e. The Labute approximate surface area is 251 Å². The van der Waals surface area contributed by atoms with E-state index in [0.717, 1.165) is 16.5 Å². The summed E-state index contributed by atoms with van der Waals surface area (Å²) in [6, 6.07) is 38.3. The van der Waals surface area contributed by atoms with Crippen LogP contribution in [0.25, 0.3) is 21.9 Å². The molecule has 0 atom stereocenters. The highest BCUT2D eigenvalue weighted by Crippen LogP contribution is 2.32. The molecule has 44 heavy (non-hydrogen) atoms. The lowest BCUT2D eigenvalue weighted by Crippen LogP contribution is -2.86. The molecule has 2 N–H and O–H groups in total. The standard InChI is InChI=1S/C32H27N3O2.C2HF3O2/c1-37-26-17-18-27-28(21-26)30(23-11-5-2-6-12-23)29(22-33)35(32(27)36)20-19-34-31(24-13-7-3-8-14-24)25-15-9-4-10-16-25;3-2(4,5)1(6)7/h2-18,21,31,34H,19-20H2,1H3;(H,6,7). The van der Waals surface area contributed by atoms with Gasteiger partial charge in [-0.05, 0) is 23.8 Å². The number of aliphatic carboxylic acids is 1. The number of nitrogens with zero attached hydrogens (tertiary/aromatic N) is 2. The highest BCUT2D eigenvalue weighted by atomic mass is 19.4. The Morgan fingerprint density at radius 2 is 1.43 bits per heavy atom. The minimum Gasteiger partial charge on any atom is -0.542 e. The molecular formula is C34H28F3N3O4. The van der Waals surface area contributed by atoms with Crippen molar-refractivity contribution in [2.75, 3.05) is 13.7 Å². The SMILES string of the molecule is COc1ccc2c(=O)n(CC[NH2+]C(c3ccccc3)c3ccccc3)c(C#N)c(-c3ccccc3)c2c1.O=C([O-])C(F)(F)F. The number of pyridine rings is 1. The van der Waals surface area contributed by atoms with E-state index in [4.69, 9.17) is 14.6 Å². The van der Waals surface area contributed by atoms with Crippen molar-refractivity contribution in [2.45, 2.75) is 18.8 Å². The van der Waals surface area contributed by atoms with Gasteiger partial charge in [0.1, 0.15) is 29.5 Å². The summed E-state index contributed by atoms with van der Waals surface area (Å²) in [5, 5.41) is 22.6. The van der Waals surface area contributed by atoms with Gasteiger partial charge in [-0.15, -0.1) is 0 Å². The topological polar surface area (TPSA) is 112 Å². The molecule has 5 rings (SSSR count). The van der Waals surface area contributed by atoms with E-state index < -0.39 is 12.1 Å². The molecule has 0 aliphatic rings. The number of nitriles is 1. The number of carboxylic acids is 1. The third-order valence-corrected chi connectivity index (χ3v) is 6.95. The number of hydrogen-bond acceptors (Lipinski definition) is 5. The third kappa shape index (κ3) is 7.32. The van der Waals surface area contributed by atoms with Crippen molar-refractivity contribution in [3.05, 3.63) is 136 Å². The zero-order valence-corrected chi connectivity index (χ0v) is 23.6. The van der Waals surface area contributed by atoms with Crippen LogP contribution in [0, 0.1) is 11.3 Å². The first kappa shape index (κ1) is 31.5. The second-order valence-electron chi connectivity index (χ2n) is 9.68. The van der Waals surface area contributed by atoms with Gasteiger partial charge in [0.25, 0.3) is 5.56 Å². The van der Waals surface area contributed by atoms with Crippen LogP contribution in [0.15, 0.2) is 114 Å². The average molecular weight is 600 g/mol. The summed E-state index contributed by atoms with van der Waals surface area (Å²) in [4.78, 5) is 22.4. The fraction of sp³-hybridized carbons (Fsp3) is 0.147. The Morgan fingerprint density at radius 1 is 0.909 bits per heavy atom. The van der Waals surface area contributed by atoms with Crippen molar-refractivity contribution >= 4 is 16.7 Å². The van der Waals surface area contributed by atoms with Crippen LogP contribution in [-0.2, 0) is 11.3 Å². The van der Waals surface area contributed by atoms with E-state index >= 15 is 0 Å². The molecule has 1 heterocycles. The van der Waals surface area contributed by atoms with Crippen molar-refractivity contribution in [2.24, 2.45) is 0 Å². The quantitative estimate of drug-likeness (QED) is 0.288. The van der Waals surface area contributed by atoms with Crippen LogP contribution in [0.4, 0.5) is 13.2 Å². The van der Waals surface area contributed by atoms with Crippen LogP contribution < -0.4 is 20.7 Å². The molecule has 224 valence electrons. The number of nitrogens with two attached hydrogens (primary N) is 1. The minimum atomic E-state index is -5.19. The van der Waals surface area contributed by atoms with Gasteiger partial charge in [-0.3, -0.25) is 9.36 Å². The molecule has 10 heteroatoms. The van der Waals surface area contributed by atoms with Gasteiger partial charge >= 0.3 is 6.18 Å². The minimum absolute atomic E-state index is 0.0851. The zero-order valence-electron chi connectivity index (χ0n) is 23.6. The highest BCUT2D eigenvalue weighted by molar-refractivity contribution is 5.99. The fourth-order valence-corrected chi connectivity index (χ4v) is 4.94. The molecule has 4 aromatic carbocycles. The van der Waals surface area contributed by atoms with E-state index in [9.17, 15) is 23.2 Å². The fourth-order valence-electron chi connectivity index (χ4n) is 4.94. The van der Waals surface area contributed by atoms with Crippen molar-refractivity contribution in [1.29, 1.82) is 5.26 Å². The van der Waals surface area contributed by atoms with Crippen LogP contribution in [0.5, 0.6) is 5.75 Å². The molecule has 7 nitrogen and oxygen atoms in total. The van der Waals surface area contributed by atoms with E-state index in [2.05, 4.69) is 35.7 Å². The maximum atomic E-state index is 13.7. The van der Waals surface area contributed by atoms with Gasteiger partial charge in [0.05, 0.1) is 20.2 Å². The Morgan fingerprint density at radius 3 is 1.91 bits per heavy atom. The zero-order chi connectivity index (χ0) is 31.7. The Bertz CT molecular complexity index is 1780. The van der Waals surface area contributed by atoms with Crippen LogP contribution in [-0.4, -0.2) is 30.4 Å². The number of fused-ring (bicyclic) bond motifs is 1. The Kier molecular flexibility index (Phi) is 10.2. The predicted octanol–water partition coefficient (Wildman–Crippen LogP) is 4.20. The number of methoxy groups -OCH3 is 1. The molecule has 1 aromatic heterocycles. The number of halogens is 3. The van der Waals surface area contributed by atoms with E-state index in [-0.39, 0.29) is 11.6 Å². The lowest BCUT2D eigenvalue weighted by Gasteiger charge is -2.19. The number of alkyl halides is 3. The number of carbonyl (C=O) groups excluding carboxylic acids is 1. The van der Waals surface area contributed by atoms with Gasteiger partial charge in [0, 0.05) is 27.5 Å². The van der Waals surface area contributed by atoms with Gasteiger partial charge in [-0.2, -0.15) is 18.4 Å². The summed E-state index contributed by atoms with van der Waals surface area (Å²) < 4.78 is 38.6. The smallest absolute Gasteiger partial charge is 0.430 e. The Balaban J connectivity index is 0.000000566. The maximum Gasteiger partial charge on any atom is 0.430 e. The molecule has 0 unspecified atom stereocenters. The third-order valence-electron chi connectivity index (χ3n) is 6.95. The molecule has 0 saturated heterocycles. The summed E-state index contributed by atoms with van der Waals surface area (Å²) in [6.07, 6.45) is -5.19. The number of carboxylic acid groups (broad SMARTS) is 1. The van der Waals surface area contributed by atoms with Crippen molar-refractivity contribution in [1.82, 2.24) is 4.57 Å². The summed E-state index contributed by atoms with van der Waals surface area (Å²) in [5.74, 6) is -2.36. The lowest BCUT2D eigenvalue weighted by atomic mass is 9.96. The molecule has 0 radical (unpaired) electrons. The number of ether oxygens (including phenoxy) is 1. The van der Waals surface area contributed by atoms with E-state index in [1.165, 1.54) is 11.1 Å². The first-order valence-electron chi connectivity index (χ1n) is 13.6. The summed E-state index contributed by atoms with van der Waals surface area (Å²) in [6.45, 7) is 1.03. The molecule has 0 bridgehead atoms. The van der Waals surface area contributed by atoms with Gasteiger partial charge in [0.2, 0.25) is 0 Å². The van der Waals surface area contributed by atoms with E-state index in [1.807, 2.05) is 72.8 Å². The predicted molar refractivity (Wildman–Crippen MR) is 157 cm³/mol. The monoisotopic (exact) mass is 599 g/mol. The van der Waals surface area contributed by atoms with Gasteiger partial charge in [0.15, 0.2) is 0 Å². The van der Waals surface area contributed by atoms with Gasteiger partial charge < -0.3 is 20.0 Å². The molecule has 0 fully saturated rings. The molecule has 5 aromatic rings. The normalized spacial score (nSPS) is 11.0. The van der Waals surface area contributed by atoms with Crippen LogP contribution in [0.1, 0.15) is 22.9 Å². The molecule has 0 spiro atoms. The summed E-state index contributed by atoms with van der Waals surface area (Å²) >= 11 is 0. The first-order chi connectivity index (χ1) is 21.2. The van der Waals surface area contributed by atoms with Crippen molar-refractivity contribution in [3.63, 3.8) is 0 Å².